The monoisotopic (exact) mass is 496 g/mol. The second kappa shape index (κ2) is 16.7. The Hall–Kier alpha value is -1.93. The summed E-state index contributed by atoms with van der Waals surface area (Å²) in [7, 11) is 0. The summed E-state index contributed by atoms with van der Waals surface area (Å²) in [5.41, 5.74) is 3.18. The van der Waals surface area contributed by atoms with Crippen molar-refractivity contribution < 1.29 is 5.11 Å². The van der Waals surface area contributed by atoms with Crippen molar-refractivity contribution in [2.75, 3.05) is 0 Å². The third kappa shape index (κ3) is 13.1. The van der Waals surface area contributed by atoms with Crippen LogP contribution < -0.4 is 0 Å². The van der Waals surface area contributed by atoms with Crippen LogP contribution in [0.2, 0.25) is 0 Å². The Kier molecular flexibility index (Phi) is 15.8. The number of benzene rings is 3. The Balaban J connectivity index is 0.000000556. The van der Waals surface area contributed by atoms with Gasteiger partial charge in [-0.3, -0.25) is 0 Å². The van der Waals surface area contributed by atoms with Crippen LogP contribution in [0.15, 0.2) is 66.7 Å². The molecule has 0 bridgehead atoms. The number of thiol groups is 1. The van der Waals surface area contributed by atoms with Crippen molar-refractivity contribution in [3.05, 3.63) is 77.9 Å². The van der Waals surface area contributed by atoms with Gasteiger partial charge < -0.3 is 5.11 Å². The molecule has 3 aromatic carbocycles. The summed E-state index contributed by atoms with van der Waals surface area (Å²) in [4.78, 5) is 0. The topological polar surface area (TPSA) is 20.2 Å². The summed E-state index contributed by atoms with van der Waals surface area (Å²) >= 11 is 4.29. The zero-order valence-corrected chi connectivity index (χ0v) is 25.0. The average molecular weight is 497 g/mol. The third-order valence-corrected chi connectivity index (χ3v) is 6.05. The first-order valence-electron chi connectivity index (χ1n) is 13.3. The summed E-state index contributed by atoms with van der Waals surface area (Å²) in [6.45, 7) is 22.1. The molecule has 0 aromatic heterocycles. The molecule has 0 saturated heterocycles. The van der Waals surface area contributed by atoms with Crippen LogP contribution >= 0.6 is 12.6 Å². The number of phenolic OH excluding ortho intramolecular Hbond substituents is 1. The van der Waals surface area contributed by atoms with Gasteiger partial charge in [0, 0.05) is 5.75 Å². The first-order valence-corrected chi connectivity index (χ1v) is 13.9. The van der Waals surface area contributed by atoms with E-state index in [1.165, 1.54) is 34.7 Å². The lowest BCUT2D eigenvalue weighted by Crippen LogP contribution is -2.23. The van der Waals surface area contributed by atoms with Gasteiger partial charge in [-0.25, -0.2) is 0 Å². The Labute approximate surface area is 222 Å². The fraction of sp³-hybridized carbons (Fsp3) is 0.515. The maximum atomic E-state index is 9.37. The Morgan fingerprint density at radius 1 is 0.743 bits per heavy atom. The molecule has 0 saturated carbocycles. The molecule has 0 heterocycles. The molecule has 0 aliphatic carbocycles. The minimum absolute atomic E-state index is 0.240. The van der Waals surface area contributed by atoms with Crippen LogP contribution in [0.1, 0.15) is 106 Å². The molecule has 196 valence electrons. The van der Waals surface area contributed by atoms with Crippen LogP contribution in [0, 0.1) is 10.8 Å². The molecule has 0 radical (unpaired) electrons. The Bertz CT molecular complexity index is 922. The van der Waals surface area contributed by atoms with Crippen LogP contribution in [-0.2, 0) is 5.75 Å². The number of unbranched alkanes of at least 4 members (excludes halogenated alkanes) is 1. The molecule has 35 heavy (non-hydrogen) atoms. The highest BCUT2D eigenvalue weighted by atomic mass is 32.1. The highest BCUT2D eigenvalue weighted by molar-refractivity contribution is 7.79. The van der Waals surface area contributed by atoms with E-state index in [-0.39, 0.29) is 5.41 Å². The summed E-state index contributed by atoms with van der Waals surface area (Å²) in [6, 6.07) is 22.4. The van der Waals surface area contributed by atoms with E-state index < -0.39 is 0 Å². The molecule has 1 unspecified atom stereocenters. The second-order valence-corrected chi connectivity index (χ2v) is 11.4. The van der Waals surface area contributed by atoms with E-state index in [4.69, 9.17) is 0 Å². The molecule has 1 atom stereocenters. The Morgan fingerprint density at radius 2 is 1.26 bits per heavy atom. The van der Waals surface area contributed by atoms with Gasteiger partial charge in [0.25, 0.3) is 0 Å². The molecule has 0 spiro atoms. The Morgan fingerprint density at radius 3 is 1.71 bits per heavy atom. The largest absolute Gasteiger partial charge is 0.508 e. The molecular weight excluding hydrogens is 444 g/mol. The van der Waals surface area contributed by atoms with Gasteiger partial charge in [0.05, 0.1) is 0 Å². The molecule has 0 amide bonds. The van der Waals surface area contributed by atoms with E-state index in [9.17, 15) is 5.11 Å². The minimum Gasteiger partial charge on any atom is -0.508 e. The normalized spacial score (nSPS) is 11.7. The molecule has 2 heteroatoms. The molecule has 1 nitrogen and oxygen atoms in total. The van der Waals surface area contributed by atoms with Crippen LogP contribution in [0.25, 0.3) is 10.8 Å². The fourth-order valence-electron chi connectivity index (χ4n) is 3.67. The third-order valence-electron chi connectivity index (χ3n) is 5.71. The quantitative estimate of drug-likeness (QED) is 0.344. The number of aromatic hydroxyl groups is 1. The van der Waals surface area contributed by atoms with Crippen LogP contribution in [0.4, 0.5) is 0 Å². The summed E-state index contributed by atoms with van der Waals surface area (Å²) in [5.74, 6) is 1.67. The van der Waals surface area contributed by atoms with Crippen molar-refractivity contribution in [1.82, 2.24) is 0 Å². The van der Waals surface area contributed by atoms with Gasteiger partial charge in [0.2, 0.25) is 0 Å². The zero-order chi connectivity index (χ0) is 27.1. The van der Waals surface area contributed by atoms with Crippen molar-refractivity contribution in [2.24, 2.45) is 10.8 Å². The first-order chi connectivity index (χ1) is 16.4. The summed E-state index contributed by atoms with van der Waals surface area (Å²) in [5, 5.41) is 12.0. The van der Waals surface area contributed by atoms with Gasteiger partial charge in [0.1, 0.15) is 5.75 Å². The predicted molar refractivity (Wildman–Crippen MR) is 163 cm³/mol. The fourth-order valence-corrected chi connectivity index (χ4v) is 3.95. The molecule has 3 aromatic rings. The summed E-state index contributed by atoms with van der Waals surface area (Å²) in [6.07, 6.45) is 3.79. The zero-order valence-electron chi connectivity index (χ0n) is 24.2. The lowest BCUT2D eigenvalue weighted by molar-refractivity contribution is 0.229. The maximum Gasteiger partial charge on any atom is 0.115 e. The van der Waals surface area contributed by atoms with E-state index >= 15 is 0 Å². The number of fused-ring (bicyclic) bond motifs is 1. The van der Waals surface area contributed by atoms with Crippen molar-refractivity contribution >= 4 is 23.4 Å². The molecule has 1 N–H and O–H groups in total. The average Bonchev–Trinajstić information content (AvgIpc) is 2.83. The van der Waals surface area contributed by atoms with Gasteiger partial charge >= 0.3 is 0 Å². The smallest absolute Gasteiger partial charge is 0.115 e. The van der Waals surface area contributed by atoms with E-state index in [1.807, 2.05) is 13.8 Å². The lowest BCUT2D eigenvalue weighted by atomic mass is 9.69. The van der Waals surface area contributed by atoms with E-state index in [0.29, 0.717) is 17.1 Å². The van der Waals surface area contributed by atoms with Gasteiger partial charge in [-0.05, 0) is 57.2 Å². The number of hydrogen-bond donors (Lipinski definition) is 2. The first kappa shape index (κ1) is 33.1. The predicted octanol–water partition coefficient (Wildman–Crippen LogP) is 11.1. The number of rotatable bonds is 4. The van der Waals surface area contributed by atoms with Crippen molar-refractivity contribution in [3.8, 4) is 5.75 Å². The highest BCUT2D eigenvalue weighted by Crippen LogP contribution is 2.43. The number of phenols is 1. The van der Waals surface area contributed by atoms with E-state index in [2.05, 4.69) is 123 Å². The minimum atomic E-state index is 0.240. The van der Waals surface area contributed by atoms with E-state index in [0.717, 1.165) is 12.2 Å². The van der Waals surface area contributed by atoms with Crippen molar-refractivity contribution in [2.45, 2.75) is 100 Å². The van der Waals surface area contributed by atoms with Crippen molar-refractivity contribution in [1.29, 1.82) is 0 Å². The van der Waals surface area contributed by atoms with Gasteiger partial charge in [0.15, 0.2) is 0 Å². The van der Waals surface area contributed by atoms with Gasteiger partial charge in [-0.15, -0.1) is 0 Å². The molecule has 0 aliphatic heterocycles. The van der Waals surface area contributed by atoms with Gasteiger partial charge in [-0.2, -0.15) is 12.6 Å². The SMILES string of the molecule is CC.CC(C)(C)CC(c1ccc(O)cc1)C(C)(C)C.CCCC.SCc1cccc2ccccc12. The van der Waals surface area contributed by atoms with Crippen LogP contribution in [0.3, 0.4) is 0 Å². The highest BCUT2D eigenvalue weighted by Gasteiger charge is 2.30. The number of hydrogen-bond acceptors (Lipinski definition) is 2. The second-order valence-electron chi connectivity index (χ2n) is 11.1. The standard InChI is InChI=1S/C16H26O.C11H10S.C4H10.C2H6/c1-15(2,3)11-14(16(4,5)6)12-7-9-13(17)10-8-12;12-8-10-6-3-5-9-4-1-2-7-11(9)10;1-3-4-2;1-2/h7-10,14,17H,11H2,1-6H3;1-7,12H,8H2;3-4H2,1-2H3;1-2H3. The van der Waals surface area contributed by atoms with Crippen molar-refractivity contribution in [3.63, 3.8) is 0 Å². The molecule has 0 fully saturated rings. The van der Waals surface area contributed by atoms with Crippen LogP contribution in [-0.4, -0.2) is 5.11 Å². The van der Waals surface area contributed by atoms with E-state index in [1.54, 1.807) is 12.1 Å². The molecule has 3 rings (SSSR count). The van der Waals surface area contributed by atoms with Crippen LogP contribution in [0.5, 0.6) is 5.75 Å². The molecular formula is C33H52OS. The lowest BCUT2D eigenvalue weighted by Gasteiger charge is -2.36. The van der Waals surface area contributed by atoms with Gasteiger partial charge in [-0.1, -0.05) is 137 Å². The summed E-state index contributed by atoms with van der Waals surface area (Å²) < 4.78 is 0. The molecule has 0 aliphatic rings. The maximum absolute atomic E-state index is 9.37.